The monoisotopic (exact) mass is 474 g/mol. The molecular weight excluding hydrogens is 447 g/mol. The van der Waals surface area contributed by atoms with Gasteiger partial charge < -0.3 is 14.4 Å². The number of nitrogens with zero attached hydrogens (tertiary/aromatic N) is 4. The number of rotatable bonds is 6. The normalized spacial score (nSPS) is 18.5. The lowest BCUT2D eigenvalue weighted by atomic mass is 9.88. The zero-order valence-corrected chi connectivity index (χ0v) is 19.6. The summed E-state index contributed by atoms with van der Waals surface area (Å²) in [7, 11) is 0. The van der Waals surface area contributed by atoms with E-state index in [2.05, 4.69) is 15.2 Å². The number of halogens is 1. The zero-order valence-electron chi connectivity index (χ0n) is 19.6. The number of aromatic nitrogens is 4. The molecule has 4 aromatic rings. The number of aryl methyl sites for hydroxylation is 1. The Bertz CT molecular complexity index is 1350. The standard InChI is InChI=1S/C27H27FN4O3/c1-18-15-23(30-32(18)17-19-3-2-4-22(16-19)27(33)9-10-27)25-29-24(31-35-25)20-5-7-21(8-6-20)26(28)11-13-34-14-12-26/h2-8,15-16,33H,9-14,17H2,1H3. The van der Waals surface area contributed by atoms with E-state index in [0.29, 0.717) is 55.6 Å². The van der Waals surface area contributed by atoms with Gasteiger partial charge in [-0.1, -0.05) is 53.7 Å². The van der Waals surface area contributed by atoms with E-state index in [1.807, 2.05) is 54.1 Å². The number of hydrogen-bond donors (Lipinski definition) is 1. The van der Waals surface area contributed by atoms with Crippen LogP contribution in [0.1, 0.15) is 48.1 Å². The number of hydrogen-bond acceptors (Lipinski definition) is 6. The summed E-state index contributed by atoms with van der Waals surface area (Å²) in [6.07, 6.45) is 2.36. The molecule has 1 aliphatic heterocycles. The lowest BCUT2D eigenvalue weighted by Gasteiger charge is -2.29. The van der Waals surface area contributed by atoms with Gasteiger partial charge >= 0.3 is 0 Å². The van der Waals surface area contributed by atoms with Gasteiger partial charge in [-0.05, 0) is 42.5 Å². The Balaban J connectivity index is 1.20. The summed E-state index contributed by atoms with van der Waals surface area (Å²) in [5.41, 5.74) is 2.99. The van der Waals surface area contributed by atoms with Crippen LogP contribution in [0.2, 0.25) is 0 Å². The highest BCUT2D eigenvalue weighted by Crippen LogP contribution is 2.45. The molecule has 1 saturated carbocycles. The van der Waals surface area contributed by atoms with E-state index in [9.17, 15) is 5.11 Å². The molecule has 0 unspecified atom stereocenters. The highest BCUT2D eigenvalue weighted by molar-refractivity contribution is 5.58. The van der Waals surface area contributed by atoms with Crippen molar-refractivity contribution in [1.29, 1.82) is 0 Å². The van der Waals surface area contributed by atoms with Gasteiger partial charge in [0.1, 0.15) is 5.67 Å². The van der Waals surface area contributed by atoms with Crippen molar-refractivity contribution in [3.05, 3.63) is 77.0 Å². The summed E-state index contributed by atoms with van der Waals surface area (Å²) >= 11 is 0. The summed E-state index contributed by atoms with van der Waals surface area (Å²) in [5, 5.41) is 19.2. The van der Waals surface area contributed by atoms with E-state index in [0.717, 1.165) is 35.2 Å². The quantitative estimate of drug-likeness (QED) is 0.427. The van der Waals surface area contributed by atoms with Crippen molar-refractivity contribution in [2.24, 2.45) is 0 Å². The van der Waals surface area contributed by atoms with E-state index in [-0.39, 0.29) is 0 Å². The SMILES string of the molecule is Cc1cc(-c2nc(-c3ccc(C4(F)CCOCC4)cc3)no2)nn1Cc1cccc(C2(O)CC2)c1. The van der Waals surface area contributed by atoms with E-state index in [4.69, 9.17) is 9.26 Å². The Kier molecular flexibility index (Phi) is 5.30. The maximum atomic E-state index is 15.2. The third-order valence-electron chi connectivity index (χ3n) is 7.09. The van der Waals surface area contributed by atoms with Crippen molar-refractivity contribution in [3.63, 3.8) is 0 Å². The van der Waals surface area contributed by atoms with Crippen LogP contribution in [0.4, 0.5) is 4.39 Å². The molecule has 180 valence electrons. The Morgan fingerprint density at radius 3 is 2.51 bits per heavy atom. The minimum atomic E-state index is -1.35. The Hall–Kier alpha value is -3.36. The molecule has 7 nitrogen and oxygen atoms in total. The van der Waals surface area contributed by atoms with Crippen LogP contribution in [0, 0.1) is 6.92 Å². The Morgan fingerprint density at radius 2 is 1.77 bits per heavy atom. The molecule has 0 amide bonds. The van der Waals surface area contributed by atoms with Crippen molar-refractivity contribution < 1.29 is 18.8 Å². The van der Waals surface area contributed by atoms with Crippen LogP contribution in [-0.4, -0.2) is 38.2 Å². The highest BCUT2D eigenvalue weighted by Gasteiger charge is 2.42. The van der Waals surface area contributed by atoms with Gasteiger partial charge in [-0.25, -0.2) is 4.39 Å². The molecule has 3 heterocycles. The lowest BCUT2D eigenvalue weighted by molar-refractivity contribution is -0.0114. The first kappa shape index (κ1) is 22.1. The lowest BCUT2D eigenvalue weighted by Crippen LogP contribution is -2.29. The van der Waals surface area contributed by atoms with Crippen molar-refractivity contribution in [1.82, 2.24) is 19.9 Å². The maximum absolute atomic E-state index is 15.2. The molecule has 2 fully saturated rings. The first-order valence-electron chi connectivity index (χ1n) is 12.0. The van der Waals surface area contributed by atoms with Crippen LogP contribution in [0.25, 0.3) is 23.0 Å². The predicted octanol–water partition coefficient (Wildman–Crippen LogP) is 4.91. The van der Waals surface area contributed by atoms with Crippen LogP contribution >= 0.6 is 0 Å². The van der Waals surface area contributed by atoms with Crippen LogP contribution in [-0.2, 0) is 22.6 Å². The number of ether oxygens (including phenoxy) is 1. The average Bonchev–Trinajstić information content (AvgIpc) is 3.27. The van der Waals surface area contributed by atoms with Gasteiger partial charge in [0.2, 0.25) is 5.82 Å². The maximum Gasteiger partial charge on any atom is 0.278 e. The van der Waals surface area contributed by atoms with Crippen molar-refractivity contribution in [3.8, 4) is 23.0 Å². The van der Waals surface area contributed by atoms with Gasteiger partial charge in [0.05, 0.1) is 12.1 Å². The van der Waals surface area contributed by atoms with Crippen molar-refractivity contribution >= 4 is 0 Å². The van der Waals surface area contributed by atoms with Crippen LogP contribution < -0.4 is 0 Å². The molecular formula is C27H27FN4O3. The molecule has 2 aromatic heterocycles. The van der Waals surface area contributed by atoms with Gasteiger partial charge in [-0.2, -0.15) is 10.1 Å². The summed E-state index contributed by atoms with van der Waals surface area (Å²) in [5.74, 6) is 0.766. The molecule has 6 rings (SSSR count). The fourth-order valence-electron chi connectivity index (χ4n) is 4.66. The topological polar surface area (TPSA) is 86.2 Å². The minimum Gasteiger partial charge on any atom is -0.385 e. The molecule has 0 radical (unpaired) electrons. The number of benzene rings is 2. The summed E-state index contributed by atoms with van der Waals surface area (Å²) in [4.78, 5) is 4.53. The van der Waals surface area contributed by atoms with Gasteiger partial charge in [0.15, 0.2) is 5.69 Å². The third-order valence-corrected chi connectivity index (χ3v) is 7.09. The fraction of sp³-hybridized carbons (Fsp3) is 0.370. The molecule has 1 N–H and O–H groups in total. The predicted molar refractivity (Wildman–Crippen MR) is 127 cm³/mol. The van der Waals surface area contributed by atoms with Crippen LogP contribution in [0.3, 0.4) is 0 Å². The smallest absolute Gasteiger partial charge is 0.278 e. The summed E-state index contributed by atoms with van der Waals surface area (Å²) in [6, 6.07) is 17.2. The molecule has 0 bridgehead atoms. The Labute approximate surface area is 202 Å². The second kappa shape index (κ2) is 8.39. The summed E-state index contributed by atoms with van der Waals surface area (Å²) in [6.45, 7) is 3.43. The van der Waals surface area contributed by atoms with E-state index < -0.39 is 11.3 Å². The van der Waals surface area contributed by atoms with Crippen LogP contribution in [0.15, 0.2) is 59.1 Å². The minimum absolute atomic E-state index is 0.332. The van der Waals surface area contributed by atoms with E-state index >= 15 is 4.39 Å². The van der Waals surface area contributed by atoms with Gasteiger partial charge in [-0.3, -0.25) is 4.68 Å². The van der Waals surface area contributed by atoms with E-state index in [1.54, 1.807) is 12.1 Å². The number of alkyl halides is 1. The van der Waals surface area contributed by atoms with Gasteiger partial charge in [-0.15, -0.1) is 0 Å². The third kappa shape index (κ3) is 4.28. The molecule has 8 heteroatoms. The van der Waals surface area contributed by atoms with Gasteiger partial charge in [0.25, 0.3) is 5.89 Å². The largest absolute Gasteiger partial charge is 0.385 e. The van der Waals surface area contributed by atoms with Crippen LogP contribution in [0.5, 0.6) is 0 Å². The summed E-state index contributed by atoms with van der Waals surface area (Å²) < 4.78 is 27.9. The first-order chi connectivity index (χ1) is 16.9. The zero-order chi connectivity index (χ0) is 24.0. The molecule has 2 aliphatic rings. The van der Waals surface area contributed by atoms with E-state index in [1.165, 1.54) is 0 Å². The molecule has 1 aliphatic carbocycles. The molecule has 35 heavy (non-hydrogen) atoms. The van der Waals surface area contributed by atoms with Gasteiger partial charge in [0, 0.05) is 37.3 Å². The average molecular weight is 475 g/mol. The Morgan fingerprint density at radius 1 is 1.00 bits per heavy atom. The highest BCUT2D eigenvalue weighted by atomic mass is 19.1. The second-order valence-corrected chi connectivity index (χ2v) is 9.64. The first-order valence-corrected chi connectivity index (χ1v) is 12.0. The molecule has 0 spiro atoms. The molecule has 2 aromatic carbocycles. The number of aliphatic hydroxyl groups is 1. The molecule has 1 saturated heterocycles. The fourth-order valence-corrected chi connectivity index (χ4v) is 4.66. The van der Waals surface area contributed by atoms with Crippen molar-refractivity contribution in [2.45, 2.75) is 50.4 Å². The second-order valence-electron chi connectivity index (χ2n) is 9.64. The van der Waals surface area contributed by atoms with Crippen molar-refractivity contribution in [2.75, 3.05) is 13.2 Å². The molecule has 0 atom stereocenters.